The fraction of sp³-hybridized carbons (Fsp3) is 0.857. The summed E-state index contributed by atoms with van der Waals surface area (Å²) in [6.07, 6.45) is 0. The van der Waals surface area contributed by atoms with Crippen LogP contribution in [0, 0.1) is 5.67 Å². The van der Waals surface area contributed by atoms with E-state index in [2.05, 4.69) is 44.9 Å². The van der Waals surface area contributed by atoms with E-state index in [4.69, 9.17) is 0 Å². The first-order chi connectivity index (χ1) is 3.71. The van der Waals surface area contributed by atoms with Crippen molar-refractivity contribution in [2.75, 3.05) is 0 Å². The van der Waals surface area contributed by atoms with Gasteiger partial charge in [0.25, 0.3) is 0 Å². The minimum Gasteiger partial charge on any atom is -1.00 e. The molecule has 0 unspecified atom stereocenters. The maximum atomic E-state index is 2.65. The first-order valence-electron chi connectivity index (χ1n) is 3.58. The molecule has 0 saturated carbocycles. The second-order valence-corrected chi connectivity index (χ2v) is 15.5. The van der Waals surface area contributed by atoms with Gasteiger partial charge in [0.05, 0.1) is 0 Å². The second-order valence-electron chi connectivity index (χ2n) is 4.88. The molecule has 0 saturated heterocycles. The summed E-state index contributed by atoms with van der Waals surface area (Å²) in [5.41, 5.74) is 2.65. The zero-order valence-corrected chi connectivity index (χ0v) is 15.8. The molecule has 0 aromatic rings. The molecular weight excluding hydrogens is 420 g/mol. The van der Waals surface area contributed by atoms with Gasteiger partial charge in [0, 0.05) is 16.1 Å². The molecule has 0 aliphatic rings. The third-order valence-corrected chi connectivity index (χ3v) is 7.79. The van der Waals surface area contributed by atoms with Crippen LogP contribution in [0.4, 0.5) is 0 Å². The van der Waals surface area contributed by atoms with Crippen LogP contribution in [0.25, 0.3) is 0 Å². The van der Waals surface area contributed by atoms with Crippen LogP contribution in [0.3, 0.4) is 0 Å². The molecule has 0 amide bonds. The van der Waals surface area contributed by atoms with E-state index in [9.17, 15) is 0 Å². The van der Waals surface area contributed by atoms with Crippen LogP contribution in [-0.4, -0.2) is 42.4 Å². The molecule has 0 spiro atoms. The molecular formula is C7H19BiCl2Si2. The Morgan fingerprint density at radius 2 is 0.833 bits per heavy atom. The molecule has 0 heterocycles. The van der Waals surface area contributed by atoms with Crippen LogP contribution in [0.1, 0.15) is 0 Å². The number of hydrogen-bond donors (Lipinski definition) is 0. The first-order valence-corrected chi connectivity index (χ1v) is 10.7. The topological polar surface area (TPSA) is 0 Å². The van der Waals surface area contributed by atoms with Crippen molar-refractivity contribution in [2.45, 2.75) is 39.3 Å². The van der Waals surface area contributed by atoms with Crippen molar-refractivity contribution in [3.05, 3.63) is 5.67 Å². The Balaban J connectivity index is -0.000000107. The number of rotatable bonds is 2. The van der Waals surface area contributed by atoms with Crippen molar-refractivity contribution in [3.63, 3.8) is 0 Å². The average molecular weight is 439 g/mol. The van der Waals surface area contributed by atoms with Crippen LogP contribution < -0.4 is 24.8 Å². The Morgan fingerprint density at radius 1 is 0.667 bits per heavy atom. The molecule has 0 N–H and O–H groups in total. The van der Waals surface area contributed by atoms with E-state index in [1.54, 1.807) is 0 Å². The van der Waals surface area contributed by atoms with Gasteiger partial charge in [0.15, 0.2) is 0 Å². The molecule has 5 heteroatoms. The van der Waals surface area contributed by atoms with Crippen LogP contribution >= 0.6 is 0 Å². The summed E-state index contributed by atoms with van der Waals surface area (Å²) in [4.78, 5) is 0. The summed E-state index contributed by atoms with van der Waals surface area (Å²) >= 11 is 0. The van der Waals surface area contributed by atoms with Gasteiger partial charge in [-0.25, -0.2) is 0 Å². The zero-order chi connectivity index (χ0) is 7.71. The smallest absolute Gasteiger partial charge is 1.00 e. The van der Waals surface area contributed by atoms with Gasteiger partial charge >= 0.3 is 26.2 Å². The molecule has 0 aromatic heterocycles. The molecule has 0 aromatic carbocycles. The van der Waals surface area contributed by atoms with E-state index in [0.717, 1.165) is 0 Å². The Kier molecular flexibility index (Phi) is 16.2. The Hall–Kier alpha value is 1.90. The van der Waals surface area contributed by atoms with Crippen molar-refractivity contribution in [1.29, 1.82) is 0 Å². The molecule has 0 rings (SSSR count). The summed E-state index contributed by atoms with van der Waals surface area (Å²) in [7, 11) is -1.71. The van der Waals surface area contributed by atoms with Gasteiger partial charge in [0.1, 0.15) is 0 Å². The molecule has 12 heavy (non-hydrogen) atoms. The van der Waals surface area contributed by atoms with Crippen LogP contribution in [0.15, 0.2) is 0 Å². The van der Waals surface area contributed by atoms with E-state index < -0.39 is 16.1 Å². The SMILES string of the molecule is C[Si](C)(C)[CH][Si](C)(C)C.[Bi+2].[Cl-].[Cl-]. The Labute approximate surface area is 111 Å². The minimum atomic E-state index is -0.856. The molecule has 0 fully saturated rings. The van der Waals surface area contributed by atoms with Gasteiger partial charge in [-0.2, -0.15) is 0 Å². The fourth-order valence-electron chi connectivity index (χ4n) is 1.30. The van der Waals surface area contributed by atoms with Gasteiger partial charge in [0.2, 0.25) is 0 Å². The molecule has 0 nitrogen and oxygen atoms in total. The van der Waals surface area contributed by atoms with Crippen molar-refractivity contribution in [1.82, 2.24) is 0 Å². The third-order valence-electron chi connectivity index (χ3n) is 0.866. The molecule has 74 valence electrons. The molecule has 0 aliphatic carbocycles. The largest absolute Gasteiger partial charge is 2.00 e. The second kappa shape index (κ2) is 8.23. The Morgan fingerprint density at radius 3 is 0.833 bits per heavy atom. The fourth-order valence-corrected chi connectivity index (χ4v) is 11.7. The van der Waals surface area contributed by atoms with E-state index in [1.807, 2.05) is 0 Å². The normalized spacial score (nSPS) is 10.5. The van der Waals surface area contributed by atoms with E-state index >= 15 is 0 Å². The summed E-state index contributed by atoms with van der Waals surface area (Å²) in [5, 5.41) is 0. The van der Waals surface area contributed by atoms with Gasteiger partial charge in [-0.15, -0.1) is 0 Å². The average Bonchev–Trinajstić information content (AvgIpc) is 1.14. The molecule has 0 aliphatic heterocycles. The predicted molar refractivity (Wildman–Crippen MR) is 56.7 cm³/mol. The summed E-state index contributed by atoms with van der Waals surface area (Å²) in [5.74, 6) is 0. The van der Waals surface area contributed by atoms with Gasteiger partial charge < -0.3 is 24.8 Å². The molecule has 0 atom stereocenters. The minimum absolute atomic E-state index is 0. The van der Waals surface area contributed by atoms with Crippen molar-refractivity contribution in [2.24, 2.45) is 0 Å². The van der Waals surface area contributed by atoms with Crippen LogP contribution in [0.5, 0.6) is 0 Å². The van der Waals surface area contributed by atoms with E-state index in [0.29, 0.717) is 0 Å². The van der Waals surface area contributed by atoms with Crippen molar-refractivity contribution >= 4 is 42.4 Å². The number of hydrogen-bond acceptors (Lipinski definition) is 0. The standard InChI is InChI=1S/C7H19Si2.Bi.2ClH/c1-8(2,3)7-9(4,5)6;;;/h7H,1-6H3;;2*1H/q;+2;;/p-2. The quantitative estimate of drug-likeness (QED) is 0.394. The van der Waals surface area contributed by atoms with Crippen LogP contribution in [-0.2, 0) is 0 Å². The van der Waals surface area contributed by atoms with E-state index in [1.165, 1.54) is 0 Å². The monoisotopic (exact) mass is 438 g/mol. The maximum absolute atomic E-state index is 2.65. The van der Waals surface area contributed by atoms with E-state index in [-0.39, 0.29) is 51.0 Å². The van der Waals surface area contributed by atoms with Crippen LogP contribution in [0.2, 0.25) is 39.3 Å². The summed E-state index contributed by atoms with van der Waals surface area (Å²) in [6.45, 7) is 14.4. The van der Waals surface area contributed by atoms with Gasteiger partial charge in [-0.3, -0.25) is 0 Å². The summed E-state index contributed by atoms with van der Waals surface area (Å²) in [6, 6.07) is 0. The van der Waals surface area contributed by atoms with Crippen molar-refractivity contribution in [3.8, 4) is 0 Å². The maximum Gasteiger partial charge on any atom is 2.00 e. The van der Waals surface area contributed by atoms with Gasteiger partial charge in [-0.1, -0.05) is 44.9 Å². The van der Waals surface area contributed by atoms with Gasteiger partial charge in [-0.05, 0) is 0 Å². The molecule has 0 bridgehead atoms. The van der Waals surface area contributed by atoms with Crippen molar-refractivity contribution < 1.29 is 24.8 Å². The number of halogens is 2. The Bertz CT molecular complexity index is 84.6. The molecule has 4 radical (unpaired) electrons. The third kappa shape index (κ3) is 22.7. The predicted octanol–water partition coefficient (Wildman–Crippen LogP) is -3.43. The zero-order valence-electron chi connectivity index (χ0n) is 8.78. The summed E-state index contributed by atoms with van der Waals surface area (Å²) < 4.78 is 0. The first kappa shape index (κ1) is 23.6.